The van der Waals surface area contributed by atoms with Gasteiger partial charge in [-0.1, -0.05) is 54.6 Å². The zero-order valence-corrected chi connectivity index (χ0v) is 11.8. The fourth-order valence-electron chi connectivity index (χ4n) is 2.20. The number of benzene rings is 2. The Kier molecular flexibility index (Phi) is 3.92. The van der Waals surface area contributed by atoms with Crippen molar-refractivity contribution in [2.45, 2.75) is 6.54 Å². The zero-order valence-electron chi connectivity index (χ0n) is 11.8. The third-order valence-electron chi connectivity index (χ3n) is 3.39. The van der Waals surface area contributed by atoms with Crippen LogP contribution >= 0.6 is 0 Å². The van der Waals surface area contributed by atoms with Crippen LogP contribution in [-0.4, -0.2) is 21.1 Å². The summed E-state index contributed by atoms with van der Waals surface area (Å²) < 4.78 is 1.71. The number of hydrogen-bond donors (Lipinski definition) is 0. The van der Waals surface area contributed by atoms with E-state index in [2.05, 4.69) is 4.98 Å². The fraction of sp³-hybridized carbons (Fsp3) is 0.0556. The van der Waals surface area contributed by atoms with Crippen LogP contribution < -0.4 is 0 Å². The second-order valence-electron chi connectivity index (χ2n) is 4.93. The number of aromatic nitrogens is 2. The second-order valence-corrected chi connectivity index (χ2v) is 4.93. The molecule has 0 aliphatic heterocycles. The van der Waals surface area contributed by atoms with Gasteiger partial charge in [-0.2, -0.15) is 0 Å². The monoisotopic (exact) mass is 290 g/mol. The summed E-state index contributed by atoms with van der Waals surface area (Å²) in [5, 5.41) is 0. The first-order valence-electron chi connectivity index (χ1n) is 6.93. The molecule has 0 amide bonds. The molecule has 22 heavy (non-hydrogen) atoms. The number of rotatable bonds is 5. The summed E-state index contributed by atoms with van der Waals surface area (Å²) in [7, 11) is 0. The molecule has 0 fully saturated rings. The lowest BCUT2D eigenvalue weighted by molar-refractivity contribution is 0.0970. The van der Waals surface area contributed by atoms with Crippen LogP contribution in [0.5, 0.6) is 0 Å². The van der Waals surface area contributed by atoms with E-state index >= 15 is 0 Å². The SMILES string of the molecule is O=C(Cn1ccnc1)c1ccc(C(=O)c2ccccc2)cc1. The average Bonchev–Trinajstić information content (AvgIpc) is 3.08. The van der Waals surface area contributed by atoms with E-state index in [4.69, 9.17) is 0 Å². The number of carbonyl (C=O) groups is 2. The lowest BCUT2D eigenvalue weighted by Gasteiger charge is -2.04. The van der Waals surface area contributed by atoms with Crippen LogP contribution in [-0.2, 0) is 6.54 Å². The molecule has 3 rings (SSSR count). The largest absolute Gasteiger partial charge is 0.330 e. The number of ketones is 2. The van der Waals surface area contributed by atoms with Gasteiger partial charge in [0, 0.05) is 29.1 Å². The van der Waals surface area contributed by atoms with Gasteiger partial charge in [0.1, 0.15) is 0 Å². The Morgan fingerprint density at radius 2 is 1.50 bits per heavy atom. The molecule has 0 unspecified atom stereocenters. The predicted molar refractivity (Wildman–Crippen MR) is 82.9 cm³/mol. The van der Waals surface area contributed by atoms with Gasteiger partial charge in [-0.05, 0) is 0 Å². The van der Waals surface area contributed by atoms with Gasteiger partial charge in [0.05, 0.1) is 12.9 Å². The Bertz CT molecular complexity index is 776. The minimum atomic E-state index is -0.0470. The summed E-state index contributed by atoms with van der Waals surface area (Å²) in [4.78, 5) is 28.3. The van der Waals surface area contributed by atoms with E-state index in [9.17, 15) is 9.59 Å². The summed E-state index contributed by atoms with van der Waals surface area (Å²) in [6.45, 7) is 0.242. The van der Waals surface area contributed by atoms with Crippen molar-refractivity contribution in [1.82, 2.24) is 9.55 Å². The lowest BCUT2D eigenvalue weighted by Crippen LogP contribution is -2.09. The summed E-state index contributed by atoms with van der Waals surface area (Å²) in [5.74, 6) is -0.0640. The smallest absolute Gasteiger partial charge is 0.193 e. The third-order valence-corrected chi connectivity index (χ3v) is 3.39. The van der Waals surface area contributed by atoms with E-state index in [1.54, 1.807) is 59.7 Å². The molecular weight excluding hydrogens is 276 g/mol. The van der Waals surface area contributed by atoms with Crippen LogP contribution in [0.25, 0.3) is 0 Å². The maximum absolute atomic E-state index is 12.3. The zero-order chi connectivity index (χ0) is 15.4. The van der Waals surface area contributed by atoms with Gasteiger partial charge < -0.3 is 4.57 Å². The van der Waals surface area contributed by atoms with Crippen LogP contribution in [0.4, 0.5) is 0 Å². The van der Waals surface area contributed by atoms with Crippen LogP contribution in [0, 0.1) is 0 Å². The lowest BCUT2D eigenvalue weighted by atomic mass is 10.0. The van der Waals surface area contributed by atoms with Gasteiger partial charge in [-0.15, -0.1) is 0 Å². The van der Waals surface area contributed by atoms with E-state index in [0.29, 0.717) is 16.7 Å². The molecule has 3 aromatic rings. The first-order valence-corrected chi connectivity index (χ1v) is 6.93. The van der Waals surface area contributed by atoms with Crippen molar-refractivity contribution < 1.29 is 9.59 Å². The van der Waals surface area contributed by atoms with E-state index in [-0.39, 0.29) is 18.1 Å². The highest BCUT2D eigenvalue weighted by Gasteiger charge is 2.11. The molecule has 0 N–H and O–H groups in total. The molecule has 108 valence electrons. The Labute approximate surface area is 128 Å². The first kappa shape index (κ1) is 13.9. The molecule has 0 radical (unpaired) electrons. The molecule has 1 heterocycles. The van der Waals surface area contributed by atoms with Crippen molar-refractivity contribution in [2.75, 3.05) is 0 Å². The standard InChI is InChI=1S/C18H14N2O2/c21-17(12-20-11-10-19-13-20)14-6-8-16(9-7-14)18(22)15-4-2-1-3-5-15/h1-11,13H,12H2. The number of imidazole rings is 1. The highest BCUT2D eigenvalue weighted by molar-refractivity contribution is 6.09. The first-order chi connectivity index (χ1) is 10.7. The van der Waals surface area contributed by atoms with Crippen molar-refractivity contribution in [2.24, 2.45) is 0 Å². The molecule has 4 heteroatoms. The van der Waals surface area contributed by atoms with Gasteiger partial charge in [0.25, 0.3) is 0 Å². The quantitative estimate of drug-likeness (QED) is 0.679. The molecule has 0 saturated carbocycles. The summed E-state index contributed by atoms with van der Waals surface area (Å²) in [6.07, 6.45) is 4.98. The maximum atomic E-state index is 12.3. The van der Waals surface area contributed by atoms with Crippen molar-refractivity contribution >= 4 is 11.6 Å². The Hall–Kier alpha value is -3.01. The number of hydrogen-bond acceptors (Lipinski definition) is 3. The van der Waals surface area contributed by atoms with Crippen LogP contribution in [0.1, 0.15) is 26.3 Å². The Balaban J connectivity index is 1.75. The summed E-state index contributed by atoms with van der Waals surface area (Å²) >= 11 is 0. The highest BCUT2D eigenvalue weighted by atomic mass is 16.1. The molecule has 0 spiro atoms. The molecule has 0 aliphatic rings. The number of Topliss-reactive ketones (excluding diaryl/α,β-unsaturated/α-hetero) is 1. The minimum Gasteiger partial charge on any atom is -0.330 e. The van der Waals surface area contributed by atoms with Gasteiger partial charge in [-0.3, -0.25) is 9.59 Å². The average molecular weight is 290 g/mol. The molecule has 0 bridgehead atoms. The van der Waals surface area contributed by atoms with Crippen molar-refractivity contribution in [3.8, 4) is 0 Å². The normalized spacial score (nSPS) is 10.4. The molecule has 1 aromatic heterocycles. The Morgan fingerprint density at radius 1 is 0.864 bits per heavy atom. The summed E-state index contributed by atoms with van der Waals surface area (Å²) in [6, 6.07) is 15.8. The fourth-order valence-corrected chi connectivity index (χ4v) is 2.20. The van der Waals surface area contributed by atoms with Crippen LogP contribution in [0.2, 0.25) is 0 Å². The van der Waals surface area contributed by atoms with E-state index in [0.717, 1.165) is 0 Å². The van der Waals surface area contributed by atoms with Crippen molar-refractivity contribution in [3.05, 3.63) is 90.0 Å². The molecule has 0 saturated heterocycles. The third kappa shape index (κ3) is 3.01. The molecule has 4 nitrogen and oxygen atoms in total. The maximum Gasteiger partial charge on any atom is 0.193 e. The molecular formula is C18H14N2O2. The summed E-state index contributed by atoms with van der Waals surface area (Å²) in [5.41, 5.74) is 1.80. The highest BCUT2D eigenvalue weighted by Crippen LogP contribution is 2.12. The van der Waals surface area contributed by atoms with Gasteiger partial charge in [0.2, 0.25) is 0 Å². The van der Waals surface area contributed by atoms with E-state index < -0.39 is 0 Å². The molecule has 0 atom stereocenters. The number of nitrogens with zero attached hydrogens (tertiary/aromatic N) is 2. The number of carbonyl (C=O) groups excluding carboxylic acids is 2. The molecule has 2 aromatic carbocycles. The van der Waals surface area contributed by atoms with Crippen molar-refractivity contribution in [1.29, 1.82) is 0 Å². The minimum absolute atomic E-state index is 0.0169. The van der Waals surface area contributed by atoms with Gasteiger partial charge in [0.15, 0.2) is 11.6 Å². The topological polar surface area (TPSA) is 52.0 Å². The molecule has 0 aliphatic carbocycles. The Morgan fingerprint density at radius 3 is 2.14 bits per heavy atom. The van der Waals surface area contributed by atoms with Gasteiger partial charge >= 0.3 is 0 Å². The van der Waals surface area contributed by atoms with E-state index in [1.807, 2.05) is 18.2 Å². The second kappa shape index (κ2) is 6.18. The van der Waals surface area contributed by atoms with Crippen LogP contribution in [0.3, 0.4) is 0 Å². The van der Waals surface area contributed by atoms with Gasteiger partial charge in [-0.25, -0.2) is 4.98 Å². The predicted octanol–water partition coefficient (Wildman–Crippen LogP) is 3.00. The van der Waals surface area contributed by atoms with Crippen LogP contribution in [0.15, 0.2) is 73.3 Å². The van der Waals surface area contributed by atoms with E-state index in [1.165, 1.54) is 0 Å². The van der Waals surface area contributed by atoms with Crippen molar-refractivity contribution in [3.63, 3.8) is 0 Å².